The molecule has 15 heavy (non-hydrogen) atoms. The summed E-state index contributed by atoms with van der Waals surface area (Å²) in [5, 5.41) is 9.91. The fraction of sp³-hybridized carbons (Fsp3) is 0.700. The number of thiazole rings is 1. The van der Waals surface area contributed by atoms with Crippen LogP contribution >= 0.6 is 11.3 Å². The third-order valence-corrected chi connectivity index (χ3v) is 3.32. The standard InChI is InChI=1S/C10H19N3OS/c1-4-13(5-6-14)8-9-7-11-10(15-9)12(2)3/h7,14H,4-6,8H2,1-3H3. The second kappa shape index (κ2) is 6.05. The van der Waals surface area contributed by atoms with Gasteiger partial charge in [-0.3, -0.25) is 4.90 Å². The Morgan fingerprint density at radius 2 is 2.20 bits per heavy atom. The van der Waals surface area contributed by atoms with Gasteiger partial charge in [-0.1, -0.05) is 6.92 Å². The number of anilines is 1. The van der Waals surface area contributed by atoms with E-state index in [0.717, 1.165) is 24.8 Å². The van der Waals surface area contributed by atoms with Gasteiger partial charge in [0, 0.05) is 38.3 Å². The van der Waals surface area contributed by atoms with Crippen molar-refractivity contribution in [3.8, 4) is 0 Å². The number of aliphatic hydroxyl groups is 1. The molecule has 0 spiro atoms. The molecule has 0 saturated heterocycles. The van der Waals surface area contributed by atoms with Gasteiger partial charge >= 0.3 is 0 Å². The van der Waals surface area contributed by atoms with Crippen LogP contribution in [0, 0.1) is 0 Å². The molecule has 0 saturated carbocycles. The van der Waals surface area contributed by atoms with Gasteiger partial charge in [0.25, 0.3) is 0 Å². The van der Waals surface area contributed by atoms with E-state index in [1.54, 1.807) is 11.3 Å². The lowest BCUT2D eigenvalue weighted by Crippen LogP contribution is -2.25. The lowest BCUT2D eigenvalue weighted by molar-refractivity contribution is 0.198. The maximum absolute atomic E-state index is 8.88. The highest BCUT2D eigenvalue weighted by atomic mass is 32.1. The summed E-state index contributed by atoms with van der Waals surface area (Å²) >= 11 is 1.70. The molecule has 4 nitrogen and oxygen atoms in total. The number of rotatable bonds is 6. The van der Waals surface area contributed by atoms with E-state index in [1.165, 1.54) is 4.88 Å². The number of aromatic nitrogens is 1. The lowest BCUT2D eigenvalue weighted by Gasteiger charge is -2.17. The number of nitrogens with zero attached hydrogens (tertiary/aromatic N) is 3. The maximum atomic E-state index is 8.88. The summed E-state index contributed by atoms with van der Waals surface area (Å²) in [5.41, 5.74) is 0. The average Bonchev–Trinajstić information content (AvgIpc) is 2.65. The minimum Gasteiger partial charge on any atom is -0.395 e. The topological polar surface area (TPSA) is 39.6 Å². The molecule has 1 aromatic heterocycles. The molecule has 0 aliphatic heterocycles. The van der Waals surface area contributed by atoms with Crippen LogP contribution in [-0.2, 0) is 6.54 Å². The summed E-state index contributed by atoms with van der Waals surface area (Å²) in [5.74, 6) is 0. The fourth-order valence-corrected chi connectivity index (χ4v) is 2.16. The Balaban J connectivity index is 2.55. The van der Waals surface area contributed by atoms with Crippen LogP contribution in [0.2, 0.25) is 0 Å². The maximum Gasteiger partial charge on any atom is 0.185 e. The summed E-state index contributed by atoms with van der Waals surface area (Å²) in [4.78, 5) is 9.77. The number of hydrogen-bond donors (Lipinski definition) is 1. The van der Waals surface area contributed by atoms with E-state index >= 15 is 0 Å². The molecule has 0 unspecified atom stereocenters. The van der Waals surface area contributed by atoms with Crippen LogP contribution in [0.5, 0.6) is 0 Å². The first-order chi connectivity index (χ1) is 7.17. The second-order valence-corrected chi connectivity index (χ2v) is 4.69. The normalized spacial score (nSPS) is 11.0. The zero-order valence-electron chi connectivity index (χ0n) is 9.60. The first-order valence-corrected chi connectivity index (χ1v) is 5.94. The van der Waals surface area contributed by atoms with E-state index in [2.05, 4.69) is 16.8 Å². The lowest BCUT2D eigenvalue weighted by atomic mass is 10.4. The first-order valence-electron chi connectivity index (χ1n) is 5.12. The summed E-state index contributed by atoms with van der Waals surface area (Å²) in [6, 6.07) is 0. The highest BCUT2D eigenvalue weighted by Gasteiger charge is 2.07. The monoisotopic (exact) mass is 229 g/mol. The molecule has 0 aliphatic carbocycles. The van der Waals surface area contributed by atoms with Gasteiger partial charge in [-0.15, -0.1) is 11.3 Å². The largest absolute Gasteiger partial charge is 0.395 e. The van der Waals surface area contributed by atoms with Gasteiger partial charge in [0.15, 0.2) is 5.13 Å². The van der Waals surface area contributed by atoms with Gasteiger partial charge in [-0.25, -0.2) is 4.98 Å². The molecule has 0 aromatic carbocycles. The third kappa shape index (κ3) is 3.77. The van der Waals surface area contributed by atoms with Gasteiger partial charge in [0.2, 0.25) is 0 Å². The van der Waals surface area contributed by atoms with Crippen LogP contribution in [0.4, 0.5) is 5.13 Å². The Morgan fingerprint density at radius 1 is 1.47 bits per heavy atom. The Morgan fingerprint density at radius 3 is 2.67 bits per heavy atom. The van der Waals surface area contributed by atoms with Crippen LogP contribution in [0.3, 0.4) is 0 Å². The van der Waals surface area contributed by atoms with Gasteiger partial charge in [0.1, 0.15) is 0 Å². The van der Waals surface area contributed by atoms with Gasteiger partial charge < -0.3 is 10.0 Å². The van der Waals surface area contributed by atoms with Gasteiger partial charge in [-0.05, 0) is 6.54 Å². The van der Waals surface area contributed by atoms with Crippen molar-refractivity contribution in [1.82, 2.24) is 9.88 Å². The van der Waals surface area contributed by atoms with E-state index in [-0.39, 0.29) is 6.61 Å². The van der Waals surface area contributed by atoms with E-state index in [0.29, 0.717) is 0 Å². The molecular weight excluding hydrogens is 210 g/mol. The number of hydrogen-bond acceptors (Lipinski definition) is 5. The van der Waals surface area contributed by atoms with Crippen LogP contribution in [0.1, 0.15) is 11.8 Å². The molecular formula is C10H19N3OS. The summed E-state index contributed by atoms with van der Waals surface area (Å²) in [7, 11) is 3.99. The van der Waals surface area contributed by atoms with Crippen LogP contribution in [0.15, 0.2) is 6.20 Å². The van der Waals surface area contributed by atoms with Crippen molar-refractivity contribution in [2.45, 2.75) is 13.5 Å². The van der Waals surface area contributed by atoms with Crippen molar-refractivity contribution in [3.63, 3.8) is 0 Å². The SMILES string of the molecule is CCN(CCO)Cc1cnc(N(C)C)s1. The van der Waals surface area contributed by atoms with Crippen molar-refractivity contribution in [3.05, 3.63) is 11.1 Å². The smallest absolute Gasteiger partial charge is 0.185 e. The molecule has 1 heterocycles. The van der Waals surface area contributed by atoms with Crippen LogP contribution in [-0.4, -0.2) is 48.8 Å². The fourth-order valence-electron chi connectivity index (χ4n) is 1.29. The molecule has 0 radical (unpaired) electrons. The zero-order chi connectivity index (χ0) is 11.3. The molecule has 1 N–H and O–H groups in total. The van der Waals surface area contributed by atoms with Gasteiger partial charge in [0.05, 0.1) is 6.61 Å². The van der Waals surface area contributed by atoms with Crippen molar-refractivity contribution >= 4 is 16.5 Å². The molecule has 1 rings (SSSR count). The molecule has 0 aliphatic rings. The summed E-state index contributed by atoms with van der Waals surface area (Å²) in [6.07, 6.45) is 1.92. The van der Waals surface area contributed by atoms with E-state index < -0.39 is 0 Å². The van der Waals surface area contributed by atoms with Crippen molar-refractivity contribution in [1.29, 1.82) is 0 Å². The third-order valence-electron chi connectivity index (χ3n) is 2.17. The second-order valence-electron chi connectivity index (χ2n) is 3.60. The van der Waals surface area contributed by atoms with E-state index in [9.17, 15) is 0 Å². The minimum atomic E-state index is 0.215. The Bertz CT molecular complexity index is 288. The van der Waals surface area contributed by atoms with Crippen molar-refractivity contribution in [2.75, 3.05) is 38.7 Å². The number of aliphatic hydroxyl groups excluding tert-OH is 1. The zero-order valence-corrected chi connectivity index (χ0v) is 10.4. The summed E-state index contributed by atoms with van der Waals surface area (Å²) in [6.45, 7) is 4.88. The van der Waals surface area contributed by atoms with Crippen LogP contribution in [0.25, 0.3) is 0 Å². The summed E-state index contributed by atoms with van der Waals surface area (Å²) < 4.78 is 0. The predicted octanol–water partition coefficient (Wildman–Crippen LogP) is 1.02. The molecule has 0 amide bonds. The van der Waals surface area contributed by atoms with Crippen molar-refractivity contribution in [2.24, 2.45) is 0 Å². The Labute approximate surface area is 95.2 Å². The number of likely N-dealkylation sites (N-methyl/N-ethyl adjacent to an activating group) is 1. The highest BCUT2D eigenvalue weighted by Crippen LogP contribution is 2.21. The van der Waals surface area contributed by atoms with Crippen LogP contribution < -0.4 is 4.90 Å². The van der Waals surface area contributed by atoms with E-state index in [1.807, 2.05) is 25.2 Å². The van der Waals surface area contributed by atoms with E-state index in [4.69, 9.17) is 5.11 Å². The quantitative estimate of drug-likeness (QED) is 0.790. The molecule has 1 aromatic rings. The molecule has 0 fully saturated rings. The first kappa shape index (κ1) is 12.4. The highest BCUT2D eigenvalue weighted by molar-refractivity contribution is 7.15. The Hall–Kier alpha value is -0.650. The van der Waals surface area contributed by atoms with Crippen molar-refractivity contribution < 1.29 is 5.11 Å². The molecule has 86 valence electrons. The minimum absolute atomic E-state index is 0.215. The Kier molecular flexibility index (Phi) is 5.01. The molecule has 0 bridgehead atoms. The van der Waals surface area contributed by atoms with Gasteiger partial charge in [-0.2, -0.15) is 0 Å². The molecule has 0 atom stereocenters. The average molecular weight is 229 g/mol. The predicted molar refractivity (Wildman–Crippen MR) is 64.5 cm³/mol. The molecule has 5 heteroatoms.